The summed E-state index contributed by atoms with van der Waals surface area (Å²) in [5, 5.41) is 4.71. The number of fused-ring (bicyclic) bond motifs is 2. The number of rotatable bonds is 2. The monoisotopic (exact) mass is 348 g/mol. The molecule has 5 rings (SSSR count). The zero-order chi connectivity index (χ0) is 17.7. The number of aromatic amines is 1. The highest BCUT2D eigenvalue weighted by molar-refractivity contribution is 5.90. The molecule has 0 radical (unpaired) electrons. The number of carbonyl (C=O) groups excluding carboxylic acids is 1. The Hall–Kier alpha value is -3.42. The SMILES string of the molecule is Cc1cccn2nc([C@H]3c4nc[nH]c4CCN3C(=O)c3ncco3)cc12. The molecule has 1 amide bonds. The molecule has 1 aliphatic rings. The van der Waals surface area contributed by atoms with E-state index in [1.807, 2.05) is 35.8 Å². The summed E-state index contributed by atoms with van der Waals surface area (Å²) in [6, 6.07) is 5.62. The molecule has 0 saturated heterocycles. The van der Waals surface area contributed by atoms with Crippen LogP contribution in [0.4, 0.5) is 0 Å². The molecule has 0 fully saturated rings. The third-order valence-corrected chi connectivity index (χ3v) is 4.81. The van der Waals surface area contributed by atoms with E-state index in [4.69, 9.17) is 9.52 Å². The smallest absolute Gasteiger partial charge is 0.310 e. The zero-order valence-electron chi connectivity index (χ0n) is 14.1. The average molecular weight is 348 g/mol. The maximum absolute atomic E-state index is 13.0. The summed E-state index contributed by atoms with van der Waals surface area (Å²) < 4.78 is 7.06. The molecule has 4 aromatic heterocycles. The van der Waals surface area contributed by atoms with Gasteiger partial charge >= 0.3 is 5.91 Å². The Balaban J connectivity index is 1.66. The fourth-order valence-electron chi connectivity index (χ4n) is 3.56. The van der Waals surface area contributed by atoms with Crippen molar-refractivity contribution >= 4 is 11.4 Å². The Morgan fingerprint density at radius 3 is 3.12 bits per heavy atom. The summed E-state index contributed by atoms with van der Waals surface area (Å²) in [4.78, 5) is 26.3. The molecule has 0 saturated carbocycles. The van der Waals surface area contributed by atoms with Crippen molar-refractivity contribution in [2.24, 2.45) is 0 Å². The lowest BCUT2D eigenvalue weighted by atomic mass is 9.99. The summed E-state index contributed by atoms with van der Waals surface area (Å²) >= 11 is 0. The van der Waals surface area contributed by atoms with Crippen LogP contribution in [-0.4, -0.2) is 41.9 Å². The molecule has 8 nitrogen and oxygen atoms in total. The van der Waals surface area contributed by atoms with Crippen molar-refractivity contribution in [1.82, 2.24) is 29.5 Å². The Kier molecular flexibility index (Phi) is 3.18. The van der Waals surface area contributed by atoms with Crippen LogP contribution < -0.4 is 0 Å². The second-order valence-corrected chi connectivity index (χ2v) is 6.34. The first kappa shape index (κ1) is 14.9. The highest BCUT2D eigenvalue weighted by Gasteiger charge is 2.37. The van der Waals surface area contributed by atoms with E-state index in [9.17, 15) is 4.79 Å². The second-order valence-electron chi connectivity index (χ2n) is 6.34. The van der Waals surface area contributed by atoms with E-state index in [2.05, 4.69) is 15.0 Å². The van der Waals surface area contributed by atoms with E-state index in [0.29, 0.717) is 13.0 Å². The number of nitrogens with one attached hydrogen (secondary N) is 1. The summed E-state index contributed by atoms with van der Waals surface area (Å²) in [7, 11) is 0. The first-order valence-corrected chi connectivity index (χ1v) is 8.40. The minimum Gasteiger partial charge on any atom is -0.441 e. The molecule has 1 atom stereocenters. The minimum absolute atomic E-state index is 0.0777. The fraction of sp³-hybridized carbons (Fsp3) is 0.222. The van der Waals surface area contributed by atoms with E-state index in [1.54, 1.807) is 11.2 Å². The number of aromatic nitrogens is 5. The minimum atomic E-state index is -0.385. The number of imidazole rings is 1. The van der Waals surface area contributed by atoms with Gasteiger partial charge in [-0.1, -0.05) is 6.07 Å². The number of carbonyl (C=O) groups is 1. The van der Waals surface area contributed by atoms with Gasteiger partial charge in [-0.25, -0.2) is 14.5 Å². The molecular formula is C18H16N6O2. The maximum Gasteiger partial charge on any atom is 0.310 e. The Bertz CT molecular complexity index is 1090. The van der Waals surface area contributed by atoms with E-state index < -0.39 is 0 Å². The van der Waals surface area contributed by atoms with Crippen LogP contribution in [0.3, 0.4) is 0 Å². The Morgan fingerprint density at radius 1 is 1.38 bits per heavy atom. The molecule has 8 heteroatoms. The van der Waals surface area contributed by atoms with Crippen molar-refractivity contribution in [2.45, 2.75) is 19.4 Å². The van der Waals surface area contributed by atoms with Gasteiger partial charge in [-0.15, -0.1) is 0 Å². The third kappa shape index (κ3) is 2.15. The van der Waals surface area contributed by atoms with Gasteiger partial charge in [0.25, 0.3) is 5.89 Å². The lowest BCUT2D eigenvalue weighted by molar-refractivity contribution is 0.0646. The van der Waals surface area contributed by atoms with Crippen LogP contribution in [0.2, 0.25) is 0 Å². The molecule has 0 spiro atoms. The van der Waals surface area contributed by atoms with Crippen molar-refractivity contribution in [1.29, 1.82) is 0 Å². The quantitative estimate of drug-likeness (QED) is 0.599. The molecule has 1 N–H and O–H groups in total. The van der Waals surface area contributed by atoms with Crippen molar-refractivity contribution in [3.63, 3.8) is 0 Å². The topological polar surface area (TPSA) is 92.3 Å². The summed E-state index contributed by atoms with van der Waals surface area (Å²) in [6.07, 6.45) is 7.14. The van der Waals surface area contributed by atoms with Crippen molar-refractivity contribution in [2.75, 3.05) is 6.54 Å². The predicted octanol–water partition coefficient (Wildman–Crippen LogP) is 2.14. The molecule has 1 aliphatic heterocycles. The Labute approximate surface area is 148 Å². The fourth-order valence-corrected chi connectivity index (χ4v) is 3.56. The average Bonchev–Trinajstić information content (AvgIpc) is 3.39. The van der Waals surface area contributed by atoms with Crippen LogP contribution in [0, 0.1) is 6.92 Å². The van der Waals surface area contributed by atoms with Crippen LogP contribution >= 0.6 is 0 Å². The molecule has 26 heavy (non-hydrogen) atoms. The highest BCUT2D eigenvalue weighted by atomic mass is 16.4. The first-order chi connectivity index (χ1) is 12.7. The largest absolute Gasteiger partial charge is 0.441 e. The van der Waals surface area contributed by atoms with Crippen molar-refractivity contribution in [3.8, 4) is 0 Å². The molecule has 0 bridgehead atoms. The molecule has 4 aromatic rings. The lowest BCUT2D eigenvalue weighted by Gasteiger charge is -2.32. The van der Waals surface area contributed by atoms with E-state index in [-0.39, 0.29) is 17.8 Å². The normalized spacial score (nSPS) is 16.8. The van der Waals surface area contributed by atoms with Gasteiger partial charge in [-0.3, -0.25) is 4.79 Å². The maximum atomic E-state index is 13.0. The number of aryl methyl sites for hydroxylation is 1. The van der Waals surface area contributed by atoms with Gasteiger partial charge in [0.1, 0.15) is 12.3 Å². The van der Waals surface area contributed by atoms with Crippen LogP contribution in [0.15, 0.2) is 47.6 Å². The number of nitrogens with zero attached hydrogens (tertiary/aromatic N) is 5. The number of oxazole rings is 1. The van der Waals surface area contributed by atoms with Crippen molar-refractivity contribution in [3.05, 3.63) is 71.7 Å². The van der Waals surface area contributed by atoms with Crippen LogP contribution in [-0.2, 0) is 6.42 Å². The summed E-state index contributed by atoms with van der Waals surface area (Å²) in [6.45, 7) is 2.57. The number of H-pyrrole nitrogens is 1. The summed E-state index contributed by atoms with van der Waals surface area (Å²) in [5.41, 5.74) is 4.74. The van der Waals surface area contributed by atoms with Gasteiger partial charge in [0.05, 0.1) is 29.4 Å². The molecule has 0 unspecified atom stereocenters. The number of pyridine rings is 1. The standard InChI is InChI=1S/C18H16N6O2/c1-11-3-2-6-24-14(11)9-13(22-24)16-15-12(20-10-21-15)4-7-23(16)18(25)17-19-5-8-26-17/h2-3,5-6,8-10,16H,4,7H2,1H3,(H,20,21)/t16-/m0/s1. The van der Waals surface area contributed by atoms with Crippen LogP contribution in [0.1, 0.15) is 39.4 Å². The van der Waals surface area contributed by atoms with Gasteiger partial charge in [0.15, 0.2) is 0 Å². The summed E-state index contributed by atoms with van der Waals surface area (Å²) in [5.74, 6) is -0.184. The first-order valence-electron chi connectivity index (χ1n) is 8.40. The van der Waals surface area contributed by atoms with E-state index >= 15 is 0 Å². The number of hydrogen-bond acceptors (Lipinski definition) is 5. The molecule has 0 aromatic carbocycles. The van der Waals surface area contributed by atoms with E-state index in [0.717, 1.165) is 28.2 Å². The number of amides is 1. The lowest BCUT2D eigenvalue weighted by Crippen LogP contribution is -2.41. The zero-order valence-corrected chi connectivity index (χ0v) is 14.1. The Morgan fingerprint density at radius 2 is 2.31 bits per heavy atom. The molecule has 5 heterocycles. The van der Waals surface area contributed by atoms with Gasteiger partial charge < -0.3 is 14.3 Å². The van der Waals surface area contributed by atoms with Gasteiger partial charge in [-0.2, -0.15) is 5.10 Å². The predicted molar refractivity (Wildman–Crippen MR) is 91.6 cm³/mol. The second kappa shape index (κ2) is 5.55. The third-order valence-electron chi connectivity index (χ3n) is 4.81. The highest BCUT2D eigenvalue weighted by Crippen LogP contribution is 2.34. The molecule has 130 valence electrons. The van der Waals surface area contributed by atoms with Gasteiger partial charge in [0, 0.05) is 24.9 Å². The molecule has 0 aliphatic carbocycles. The molecular weight excluding hydrogens is 332 g/mol. The van der Waals surface area contributed by atoms with E-state index in [1.165, 1.54) is 12.5 Å². The van der Waals surface area contributed by atoms with Crippen molar-refractivity contribution < 1.29 is 9.21 Å². The number of hydrogen-bond donors (Lipinski definition) is 1. The van der Waals surface area contributed by atoms with Gasteiger partial charge in [0.2, 0.25) is 0 Å². The van der Waals surface area contributed by atoms with Crippen LogP contribution in [0.5, 0.6) is 0 Å². The van der Waals surface area contributed by atoms with Crippen LogP contribution in [0.25, 0.3) is 5.52 Å². The van der Waals surface area contributed by atoms with Gasteiger partial charge in [-0.05, 0) is 24.6 Å².